The van der Waals surface area contributed by atoms with E-state index in [1.54, 1.807) is 10.7 Å². The van der Waals surface area contributed by atoms with Crippen LogP contribution in [0.5, 0.6) is 0 Å². The second-order valence-electron chi connectivity index (χ2n) is 7.95. The van der Waals surface area contributed by atoms with Crippen molar-refractivity contribution in [3.63, 3.8) is 0 Å². The number of hydrogen-bond acceptors (Lipinski definition) is 4. The smallest absolute Gasteiger partial charge is 0.257 e. The van der Waals surface area contributed by atoms with E-state index in [4.69, 9.17) is 0 Å². The van der Waals surface area contributed by atoms with E-state index in [9.17, 15) is 13.6 Å². The Kier molecular flexibility index (Phi) is 6.10. The second kappa shape index (κ2) is 8.55. The van der Waals surface area contributed by atoms with E-state index in [0.717, 1.165) is 43.2 Å². The highest BCUT2D eigenvalue weighted by Crippen LogP contribution is 2.20. The third-order valence-electron chi connectivity index (χ3n) is 4.32. The lowest BCUT2D eigenvalue weighted by Gasteiger charge is -2.20. The van der Waals surface area contributed by atoms with Crippen LogP contribution >= 0.6 is 0 Å². The summed E-state index contributed by atoms with van der Waals surface area (Å²) in [6.07, 6.45) is 5.84. The second-order valence-corrected chi connectivity index (χ2v) is 7.95. The summed E-state index contributed by atoms with van der Waals surface area (Å²) in [6.45, 7) is 7.93. The van der Waals surface area contributed by atoms with Crippen LogP contribution in [0.1, 0.15) is 44.0 Å². The number of aromatic nitrogens is 3. The summed E-state index contributed by atoms with van der Waals surface area (Å²) in [6, 6.07) is 6.27. The highest BCUT2D eigenvalue weighted by atomic mass is 19.1. The van der Waals surface area contributed by atoms with Crippen LogP contribution in [0.15, 0.2) is 42.7 Å². The summed E-state index contributed by atoms with van der Waals surface area (Å²) in [4.78, 5) is 19.2. The topological polar surface area (TPSA) is 62.5 Å². The van der Waals surface area contributed by atoms with Gasteiger partial charge in [0, 0.05) is 24.8 Å². The van der Waals surface area contributed by atoms with Crippen LogP contribution in [-0.4, -0.2) is 39.1 Å². The first-order chi connectivity index (χ1) is 13.7. The Balaban J connectivity index is 0.000000252. The molecule has 0 aliphatic carbocycles. The highest BCUT2D eigenvalue weighted by molar-refractivity contribution is 6.00. The number of carbonyl (C=O) groups excluding carboxylic acids is 1. The number of carbonyl (C=O) groups is 1. The summed E-state index contributed by atoms with van der Waals surface area (Å²) in [5, 5.41) is 7.17. The minimum Gasteiger partial charge on any atom is -0.357 e. The third kappa shape index (κ3) is 5.49. The van der Waals surface area contributed by atoms with Gasteiger partial charge in [-0.3, -0.25) is 4.79 Å². The molecule has 3 aromatic rings. The van der Waals surface area contributed by atoms with Crippen molar-refractivity contribution >= 4 is 17.4 Å². The number of amides is 1. The normalized spacial score (nSPS) is 13.9. The van der Waals surface area contributed by atoms with Gasteiger partial charge in [-0.1, -0.05) is 0 Å². The molecule has 154 valence electrons. The Bertz CT molecular complexity index is 952. The molecule has 0 spiro atoms. The minimum atomic E-state index is -0.411. The van der Waals surface area contributed by atoms with Crippen LogP contribution in [0.2, 0.25) is 0 Å². The maximum atomic E-state index is 12.3. The van der Waals surface area contributed by atoms with Crippen molar-refractivity contribution in [1.82, 2.24) is 19.9 Å². The Morgan fingerprint density at radius 1 is 1.03 bits per heavy atom. The average molecular weight is 401 g/mol. The molecule has 0 atom stereocenters. The molecule has 1 aliphatic rings. The number of hydrogen-bond donors (Lipinski definition) is 1. The van der Waals surface area contributed by atoms with E-state index in [1.165, 1.54) is 12.8 Å². The number of anilines is 1. The molecule has 8 heteroatoms. The largest absolute Gasteiger partial charge is 0.357 e. The van der Waals surface area contributed by atoms with Crippen molar-refractivity contribution in [2.75, 3.05) is 18.0 Å². The van der Waals surface area contributed by atoms with E-state index in [-0.39, 0.29) is 11.4 Å². The Morgan fingerprint density at radius 3 is 2.17 bits per heavy atom. The summed E-state index contributed by atoms with van der Waals surface area (Å²) >= 11 is 0. The van der Waals surface area contributed by atoms with Crippen molar-refractivity contribution in [3.05, 3.63) is 59.9 Å². The highest BCUT2D eigenvalue weighted by Gasteiger charge is 2.21. The lowest BCUT2D eigenvalue weighted by molar-refractivity contribution is 0.0921. The van der Waals surface area contributed by atoms with E-state index in [2.05, 4.69) is 20.3 Å². The molecule has 1 amide bonds. The Morgan fingerprint density at radius 2 is 1.62 bits per heavy atom. The zero-order valence-electron chi connectivity index (χ0n) is 16.8. The molecule has 0 saturated carbocycles. The molecule has 3 heterocycles. The van der Waals surface area contributed by atoms with Crippen molar-refractivity contribution in [2.24, 2.45) is 0 Å². The number of nitrogens with one attached hydrogen (secondary N) is 1. The van der Waals surface area contributed by atoms with Crippen LogP contribution in [0.3, 0.4) is 0 Å². The first-order valence-electron chi connectivity index (χ1n) is 9.56. The fourth-order valence-electron chi connectivity index (χ4n) is 2.98. The number of rotatable bonds is 2. The molecule has 1 saturated heterocycles. The van der Waals surface area contributed by atoms with E-state index in [0.29, 0.717) is 11.2 Å². The molecule has 1 aromatic carbocycles. The van der Waals surface area contributed by atoms with Crippen molar-refractivity contribution in [1.29, 1.82) is 0 Å². The molecule has 1 aliphatic heterocycles. The Hall–Kier alpha value is -3.03. The van der Waals surface area contributed by atoms with Gasteiger partial charge >= 0.3 is 0 Å². The zero-order chi connectivity index (χ0) is 21.0. The van der Waals surface area contributed by atoms with Crippen molar-refractivity contribution in [3.8, 4) is 0 Å². The molecule has 6 nitrogen and oxygen atoms in total. The third-order valence-corrected chi connectivity index (χ3v) is 4.32. The maximum Gasteiger partial charge on any atom is 0.257 e. The molecule has 2 aromatic heterocycles. The molecule has 0 radical (unpaired) electrons. The van der Waals surface area contributed by atoms with Crippen LogP contribution in [0, 0.1) is 11.6 Å². The van der Waals surface area contributed by atoms with Crippen molar-refractivity contribution in [2.45, 2.75) is 39.2 Å². The SMILES string of the molecule is CC(C)(C)NC(=O)c1cnn2ccc(N3CCCC3)nc12.Fc1ccc(F)cc1. The van der Waals surface area contributed by atoms with Gasteiger partial charge in [-0.05, 0) is 63.9 Å². The molecule has 1 fully saturated rings. The quantitative estimate of drug-likeness (QED) is 0.709. The van der Waals surface area contributed by atoms with Gasteiger partial charge in [-0.25, -0.2) is 18.3 Å². The van der Waals surface area contributed by atoms with Crippen molar-refractivity contribution < 1.29 is 13.6 Å². The van der Waals surface area contributed by atoms with Gasteiger partial charge in [0.25, 0.3) is 5.91 Å². The maximum absolute atomic E-state index is 12.3. The number of halogens is 2. The van der Waals surface area contributed by atoms with Gasteiger partial charge in [0.1, 0.15) is 23.0 Å². The fourth-order valence-corrected chi connectivity index (χ4v) is 2.98. The van der Waals surface area contributed by atoms with Gasteiger partial charge in [0.15, 0.2) is 5.65 Å². The number of fused-ring (bicyclic) bond motifs is 1. The lowest BCUT2D eigenvalue weighted by atomic mass is 10.1. The average Bonchev–Trinajstić information content (AvgIpc) is 3.32. The fraction of sp³-hybridized carbons (Fsp3) is 0.381. The predicted octanol–water partition coefficient (Wildman–Crippen LogP) is 3.82. The monoisotopic (exact) mass is 401 g/mol. The molecular formula is C21H25F2N5O. The standard InChI is InChI=1S/C15H21N5O.C6H4F2/c1-15(2,3)18-14(21)11-10-16-20-9-6-12(17-13(11)20)19-7-4-5-8-19;7-5-1-2-6(8)4-3-5/h6,9-10H,4-5,7-8H2,1-3H3,(H,18,21);1-4H. The van der Waals surface area contributed by atoms with Crippen LogP contribution in [0.4, 0.5) is 14.6 Å². The predicted molar refractivity (Wildman–Crippen MR) is 108 cm³/mol. The van der Waals surface area contributed by atoms with E-state index in [1.807, 2.05) is 33.0 Å². The van der Waals surface area contributed by atoms with Crippen LogP contribution < -0.4 is 10.2 Å². The van der Waals surface area contributed by atoms with Gasteiger partial charge in [0.2, 0.25) is 0 Å². The van der Waals surface area contributed by atoms with Gasteiger partial charge in [-0.15, -0.1) is 0 Å². The lowest BCUT2D eigenvalue weighted by Crippen LogP contribution is -2.40. The van der Waals surface area contributed by atoms with Gasteiger partial charge < -0.3 is 10.2 Å². The van der Waals surface area contributed by atoms with Gasteiger partial charge in [0.05, 0.1) is 6.20 Å². The van der Waals surface area contributed by atoms with E-state index < -0.39 is 11.6 Å². The summed E-state index contributed by atoms with van der Waals surface area (Å²) in [5.41, 5.74) is 0.852. The first-order valence-corrected chi connectivity index (χ1v) is 9.56. The summed E-state index contributed by atoms with van der Waals surface area (Å²) in [7, 11) is 0. The Labute approximate surface area is 168 Å². The first kappa shape index (κ1) is 20.7. The number of nitrogens with zero attached hydrogens (tertiary/aromatic N) is 4. The molecule has 0 unspecified atom stereocenters. The van der Waals surface area contributed by atoms with Crippen LogP contribution in [-0.2, 0) is 0 Å². The molecule has 1 N–H and O–H groups in total. The molecule has 29 heavy (non-hydrogen) atoms. The zero-order valence-corrected chi connectivity index (χ0v) is 16.8. The molecular weight excluding hydrogens is 376 g/mol. The van der Waals surface area contributed by atoms with Gasteiger partial charge in [-0.2, -0.15) is 5.10 Å². The summed E-state index contributed by atoms with van der Waals surface area (Å²) in [5.74, 6) is -0.0355. The van der Waals surface area contributed by atoms with E-state index >= 15 is 0 Å². The molecule has 0 bridgehead atoms. The minimum absolute atomic E-state index is 0.136. The molecule has 4 rings (SSSR count). The van der Waals surface area contributed by atoms with Crippen LogP contribution in [0.25, 0.3) is 5.65 Å². The number of benzene rings is 1. The summed E-state index contributed by atoms with van der Waals surface area (Å²) < 4.78 is 25.5.